The Labute approximate surface area is 112 Å². The van der Waals surface area contributed by atoms with Crippen molar-refractivity contribution in [2.24, 2.45) is 11.0 Å². The molecule has 0 radical (unpaired) electrons. The lowest BCUT2D eigenvalue weighted by atomic mass is 10.1. The van der Waals surface area contributed by atoms with E-state index in [0.29, 0.717) is 13.0 Å². The predicted octanol–water partition coefficient (Wildman–Crippen LogP) is 2.45. The van der Waals surface area contributed by atoms with Crippen LogP contribution < -0.4 is 4.90 Å². The minimum absolute atomic E-state index is 0.0326. The first-order chi connectivity index (χ1) is 8.60. The molecule has 1 aromatic rings. The number of azide groups is 1. The minimum atomic E-state index is -0.133. The molecular formula is C9H8Cl2N6O. The van der Waals surface area contributed by atoms with Gasteiger partial charge in [-0.15, -0.1) is 0 Å². The Hall–Kier alpha value is -1.56. The molecule has 1 aliphatic heterocycles. The van der Waals surface area contributed by atoms with Crippen molar-refractivity contribution in [3.05, 3.63) is 26.8 Å². The second-order valence-electron chi connectivity index (χ2n) is 3.80. The minimum Gasteiger partial charge on any atom is -0.280 e. The fourth-order valence-corrected chi connectivity index (χ4v) is 2.16. The van der Waals surface area contributed by atoms with Crippen molar-refractivity contribution in [3.8, 4) is 0 Å². The summed E-state index contributed by atoms with van der Waals surface area (Å²) in [7, 11) is 0. The van der Waals surface area contributed by atoms with Crippen molar-refractivity contribution in [3.63, 3.8) is 0 Å². The Morgan fingerprint density at radius 3 is 2.78 bits per heavy atom. The molecule has 0 saturated carbocycles. The Morgan fingerprint density at radius 2 is 2.17 bits per heavy atom. The molecule has 1 saturated heterocycles. The van der Waals surface area contributed by atoms with Gasteiger partial charge in [0, 0.05) is 30.5 Å². The highest BCUT2D eigenvalue weighted by Gasteiger charge is 2.32. The Balaban J connectivity index is 2.18. The lowest BCUT2D eigenvalue weighted by molar-refractivity contribution is -0.117. The number of carbonyl (C=O) groups is 1. The Bertz CT molecular complexity index is 510. The highest BCUT2D eigenvalue weighted by molar-refractivity contribution is 6.33. The van der Waals surface area contributed by atoms with Gasteiger partial charge < -0.3 is 0 Å². The van der Waals surface area contributed by atoms with E-state index in [1.54, 1.807) is 0 Å². The van der Waals surface area contributed by atoms with Crippen LogP contribution in [0.2, 0.25) is 10.3 Å². The molecule has 0 N–H and O–H groups in total. The van der Waals surface area contributed by atoms with Gasteiger partial charge in [0.05, 0.1) is 0 Å². The van der Waals surface area contributed by atoms with Gasteiger partial charge in [0.15, 0.2) is 0 Å². The number of hydrogen-bond donors (Lipinski definition) is 0. The molecule has 0 bridgehead atoms. The molecule has 2 rings (SSSR count). The molecular weight excluding hydrogens is 279 g/mol. The zero-order chi connectivity index (χ0) is 13.1. The van der Waals surface area contributed by atoms with Crippen LogP contribution in [0.25, 0.3) is 10.4 Å². The van der Waals surface area contributed by atoms with E-state index in [0.717, 1.165) is 0 Å². The predicted molar refractivity (Wildman–Crippen MR) is 66.5 cm³/mol. The molecule has 1 unspecified atom stereocenters. The molecule has 0 spiro atoms. The number of hydrogen-bond acceptors (Lipinski definition) is 4. The molecule has 1 atom stereocenters. The van der Waals surface area contributed by atoms with E-state index >= 15 is 0 Å². The van der Waals surface area contributed by atoms with Crippen molar-refractivity contribution in [2.45, 2.75) is 6.42 Å². The first-order valence-corrected chi connectivity index (χ1v) is 5.87. The summed E-state index contributed by atoms with van der Waals surface area (Å²) in [5.74, 6) is 0.0159. The van der Waals surface area contributed by atoms with Crippen LogP contribution in [0.4, 0.5) is 5.95 Å². The summed E-state index contributed by atoms with van der Waals surface area (Å²) in [5.41, 5.74) is 8.25. The van der Waals surface area contributed by atoms with Crippen LogP contribution >= 0.6 is 23.2 Å². The summed E-state index contributed by atoms with van der Waals surface area (Å²) in [6.07, 6.45) is 0.298. The van der Waals surface area contributed by atoms with Crippen LogP contribution in [-0.2, 0) is 4.79 Å². The zero-order valence-electron chi connectivity index (χ0n) is 9.12. The van der Waals surface area contributed by atoms with Crippen molar-refractivity contribution in [2.75, 3.05) is 18.0 Å². The van der Waals surface area contributed by atoms with E-state index < -0.39 is 0 Å². The second kappa shape index (κ2) is 5.39. The van der Waals surface area contributed by atoms with Crippen LogP contribution in [0.5, 0.6) is 0 Å². The third kappa shape index (κ3) is 2.81. The zero-order valence-corrected chi connectivity index (χ0v) is 10.6. The molecule has 94 valence electrons. The molecule has 1 aromatic heterocycles. The lowest BCUT2D eigenvalue weighted by Gasteiger charge is -2.14. The van der Waals surface area contributed by atoms with E-state index in [4.69, 9.17) is 28.7 Å². The van der Waals surface area contributed by atoms with Gasteiger partial charge in [-0.05, 0) is 11.4 Å². The Morgan fingerprint density at radius 1 is 1.50 bits per heavy atom. The molecule has 0 aliphatic carbocycles. The maximum Gasteiger partial charge on any atom is 0.234 e. The summed E-state index contributed by atoms with van der Waals surface area (Å²) in [6.45, 7) is 0.668. The van der Waals surface area contributed by atoms with Crippen molar-refractivity contribution >= 4 is 35.1 Å². The average Bonchev–Trinajstić information content (AvgIpc) is 2.66. The van der Waals surface area contributed by atoms with Gasteiger partial charge in [0.1, 0.15) is 10.3 Å². The number of rotatable bonds is 3. The largest absolute Gasteiger partial charge is 0.280 e. The fourth-order valence-electron chi connectivity index (χ4n) is 1.75. The fraction of sp³-hybridized carbons (Fsp3) is 0.444. The molecule has 0 aromatic carbocycles. The van der Waals surface area contributed by atoms with Gasteiger partial charge in [0.25, 0.3) is 0 Å². The van der Waals surface area contributed by atoms with Crippen molar-refractivity contribution in [1.29, 1.82) is 0 Å². The van der Waals surface area contributed by atoms with Crippen LogP contribution in [-0.4, -0.2) is 29.0 Å². The molecule has 2 heterocycles. The number of carbonyl (C=O) groups excluding carboxylic acids is 1. The van der Waals surface area contributed by atoms with Crippen LogP contribution in [0, 0.1) is 5.92 Å². The van der Waals surface area contributed by atoms with Crippen LogP contribution in [0.1, 0.15) is 6.42 Å². The van der Waals surface area contributed by atoms with E-state index in [-0.39, 0.29) is 34.6 Å². The van der Waals surface area contributed by atoms with Gasteiger partial charge in [0.2, 0.25) is 11.9 Å². The topological polar surface area (TPSA) is 94.9 Å². The van der Waals surface area contributed by atoms with E-state index in [2.05, 4.69) is 20.0 Å². The summed E-state index contributed by atoms with van der Waals surface area (Å²) < 4.78 is 0. The second-order valence-corrected chi connectivity index (χ2v) is 4.58. The maximum absolute atomic E-state index is 11.8. The van der Waals surface area contributed by atoms with Gasteiger partial charge in [-0.2, -0.15) is 0 Å². The van der Waals surface area contributed by atoms with E-state index in [1.807, 2.05) is 0 Å². The molecule has 18 heavy (non-hydrogen) atoms. The molecule has 1 amide bonds. The molecule has 7 nitrogen and oxygen atoms in total. The van der Waals surface area contributed by atoms with Gasteiger partial charge in [-0.3, -0.25) is 9.69 Å². The highest BCUT2D eigenvalue weighted by Crippen LogP contribution is 2.25. The quantitative estimate of drug-likeness (QED) is 0.369. The number of halogens is 2. The van der Waals surface area contributed by atoms with Crippen LogP contribution in [0.15, 0.2) is 11.2 Å². The van der Waals surface area contributed by atoms with E-state index in [1.165, 1.54) is 11.0 Å². The monoisotopic (exact) mass is 286 g/mol. The smallest absolute Gasteiger partial charge is 0.234 e. The summed E-state index contributed by atoms with van der Waals surface area (Å²) in [5, 5.41) is 3.81. The molecule has 1 fully saturated rings. The lowest BCUT2D eigenvalue weighted by Crippen LogP contribution is -2.27. The third-order valence-electron chi connectivity index (χ3n) is 2.50. The summed E-state index contributed by atoms with van der Waals surface area (Å²) >= 11 is 11.5. The number of aromatic nitrogens is 2. The standard InChI is InChI=1S/C9H8Cl2N6O/c10-6-2-7(11)15-9(14-6)17-4-5(1-8(17)18)3-13-16-12/h2,5H,1,3-4H2. The third-order valence-corrected chi connectivity index (χ3v) is 2.89. The number of anilines is 1. The number of amides is 1. The maximum atomic E-state index is 11.8. The van der Waals surface area contributed by atoms with Gasteiger partial charge in [-0.1, -0.05) is 28.3 Å². The van der Waals surface area contributed by atoms with Crippen molar-refractivity contribution < 1.29 is 4.79 Å². The average molecular weight is 287 g/mol. The first-order valence-electron chi connectivity index (χ1n) is 5.11. The summed E-state index contributed by atoms with van der Waals surface area (Å²) in [4.78, 5) is 23.8. The van der Waals surface area contributed by atoms with Crippen LogP contribution in [0.3, 0.4) is 0 Å². The molecule has 9 heteroatoms. The first kappa shape index (κ1) is 12.9. The Kier molecular flexibility index (Phi) is 3.86. The van der Waals surface area contributed by atoms with Gasteiger partial charge in [-0.25, -0.2) is 9.97 Å². The molecule has 1 aliphatic rings. The number of nitrogens with zero attached hydrogens (tertiary/aromatic N) is 6. The highest BCUT2D eigenvalue weighted by atomic mass is 35.5. The SMILES string of the molecule is [N-]=[N+]=NCC1CC(=O)N(c2nc(Cl)cc(Cl)n2)C1. The van der Waals surface area contributed by atoms with Crippen molar-refractivity contribution in [1.82, 2.24) is 9.97 Å². The normalized spacial score (nSPS) is 18.9. The van der Waals surface area contributed by atoms with Gasteiger partial charge >= 0.3 is 0 Å². The summed E-state index contributed by atoms with van der Waals surface area (Å²) in [6, 6.07) is 1.39. The van der Waals surface area contributed by atoms with E-state index in [9.17, 15) is 4.79 Å².